The lowest BCUT2D eigenvalue weighted by atomic mass is 10.2. The van der Waals surface area contributed by atoms with Gasteiger partial charge in [-0.25, -0.2) is 26.8 Å². The molecule has 0 radical (unpaired) electrons. The van der Waals surface area contributed by atoms with Gasteiger partial charge in [-0.15, -0.1) is 0 Å². The third kappa shape index (κ3) is 5.00. The number of hydrogen-bond donors (Lipinski definition) is 1. The Kier molecular flexibility index (Phi) is 6.11. The van der Waals surface area contributed by atoms with Gasteiger partial charge in [0, 0.05) is 5.69 Å². The molecular formula is C17H15F2NO6S. The summed E-state index contributed by atoms with van der Waals surface area (Å²) in [4.78, 5) is 22.8. The third-order valence-electron chi connectivity index (χ3n) is 3.37. The van der Waals surface area contributed by atoms with Gasteiger partial charge in [-0.3, -0.25) is 4.72 Å². The van der Waals surface area contributed by atoms with Gasteiger partial charge >= 0.3 is 11.9 Å². The molecule has 0 unspecified atom stereocenters. The lowest BCUT2D eigenvalue weighted by Gasteiger charge is -2.12. The van der Waals surface area contributed by atoms with Crippen LogP contribution in [0.25, 0.3) is 0 Å². The second-order valence-corrected chi connectivity index (χ2v) is 7.02. The van der Waals surface area contributed by atoms with Gasteiger partial charge in [0.2, 0.25) is 0 Å². The van der Waals surface area contributed by atoms with E-state index in [0.29, 0.717) is 12.1 Å². The molecule has 144 valence electrons. The lowest BCUT2D eigenvalue weighted by molar-refractivity contribution is -0.149. The molecule has 0 aliphatic heterocycles. The van der Waals surface area contributed by atoms with Gasteiger partial charge in [0.1, 0.15) is 0 Å². The Morgan fingerprint density at radius 1 is 1.07 bits per heavy atom. The molecule has 0 fully saturated rings. The van der Waals surface area contributed by atoms with E-state index in [1.807, 2.05) is 0 Å². The second-order valence-electron chi connectivity index (χ2n) is 5.33. The fourth-order valence-electron chi connectivity index (χ4n) is 2.01. The van der Waals surface area contributed by atoms with E-state index in [9.17, 15) is 26.8 Å². The average Bonchev–Trinajstić information content (AvgIpc) is 2.62. The van der Waals surface area contributed by atoms with Crippen molar-refractivity contribution in [3.05, 3.63) is 59.7 Å². The Bertz CT molecular complexity index is 977. The zero-order valence-electron chi connectivity index (χ0n) is 14.2. The Hall–Kier alpha value is -3.01. The summed E-state index contributed by atoms with van der Waals surface area (Å²) in [6.45, 7) is 1.32. The first-order valence-corrected chi connectivity index (χ1v) is 8.99. The van der Waals surface area contributed by atoms with Crippen LogP contribution in [0.3, 0.4) is 0 Å². The van der Waals surface area contributed by atoms with Crippen molar-refractivity contribution in [2.45, 2.75) is 17.9 Å². The smallest absolute Gasteiger partial charge is 0.346 e. The molecule has 0 aliphatic rings. The average molecular weight is 399 g/mol. The molecule has 0 saturated heterocycles. The first kappa shape index (κ1) is 20.3. The van der Waals surface area contributed by atoms with Crippen LogP contribution in [0.15, 0.2) is 47.4 Å². The topological polar surface area (TPSA) is 98.8 Å². The number of sulfonamides is 1. The van der Waals surface area contributed by atoms with Crippen molar-refractivity contribution in [1.29, 1.82) is 0 Å². The molecule has 0 heterocycles. The second kappa shape index (κ2) is 8.12. The number of ether oxygens (including phenoxy) is 2. The van der Waals surface area contributed by atoms with E-state index >= 15 is 0 Å². The number of nitrogens with one attached hydrogen (secondary N) is 1. The predicted octanol–water partition coefficient (Wildman–Crippen LogP) is 2.48. The summed E-state index contributed by atoms with van der Waals surface area (Å²) >= 11 is 0. The number of carbonyl (C=O) groups is 2. The number of halogens is 2. The van der Waals surface area contributed by atoms with Gasteiger partial charge < -0.3 is 9.47 Å². The van der Waals surface area contributed by atoms with E-state index < -0.39 is 44.6 Å². The van der Waals surface area contributed by atoms with Crippen molar-refractivity contribution in [1.82, 2.24) is 0 Å². The van der Waals surface area contributed by atoms with Gasteiger partial charge in [0.05, 0.1) is 17.6 Å². The molecule has 27 heavy (non-hydrogen) atoms. The van der Waals surface area contributed by atoms with Crippen LogP contribution in [0.4, 0.5) is 14.5 Å². The Balaban J connectivity index is 2.20. The fraction of sp³-hybridized carbons (Fsp3) is 0.176. The molecule has 10 heteroatoms. The van der Waals surface area contributed by atoms with Crippen LogP contribution in [0, 0.1) is 11.6 Å². The highest BCUT2D eigenvalue weighted by molar-refractivity contribution is 7.92. The zero-order valence-corrected chi connectivity index (χ0v) is 15.0. The lowest BCUT2D eigenvalue weighted by Crippen LogP contribution is -2.25. The molecule has 1 atom stereocenters. The normalized spacial score (nSPS) is 12.1. The van der Waals surface area contributed by atoms with Crippen molar-refractivity contribution in [3.63, 3.8) is 0 Å². The van der Waals surface area contributed by atoms with Crippen LogP contribution in [-0.4, -0.2) is 33.6 Å². The van der Waals surface area contributed by atoms with Crippen LogP contribution in [0.5, 0.6) is 0 Å². The predicted molar refractivity (Wildman–Crippen MR) is 90.5 cm³/mol. The maximum absolute atomic E-state index is 13.3. The van der Waals surface area contributed by atoms with Crippen molar-refractivity contribution in [2.24, 2.45) is 0 Å². The van der Waals surface area contributed by atoms with E-state index in [1.54, 1.807) is 0 Å². The minimum absolute atomic E-state index is 0.0140. The van der Waals surface area contributed by atoms with Crippen molar-refractivity contribution >= 4 is 27.6 Å². The third-order valence-corrected chi connectivity index (χ3v) is 4.75. The molecule has 0 saturated carbocycles. The number of methoxy groups -OCH3 is 1. The number of carbonyl (C=O) groups excluding carboxylic acids is 2. The van der Waals surface area contributed by atoms with Crippen molar-refractivity contribution in [3.8, 4) is 0 Å². The Morgan fingerprint density at radius 3 is 2.41 bits per heavy atom. The summed E-state index contributed by atoms with van der Waals surface area (Å²) in [5.41, 5.74) is -0.0452. The summed E-state index contributed by atoms with van der Waals surface area (Å²) in [7, 11) is -3.08. The first-order chi connectivity index (χ1) is 12.6. The van der Waals surface area contributed by atoms with E-state index in [4.69, 9.17) is 4.74 Å². The molecule has 2 rings (SSSR count). The van der Waals surface area contributed by atoms with Crippen molar-refractivity contribution < 1.29 is 36.3 Å². The summed E-state index contributed by atoms with van der Waals surface area (Å²) in [6, 6.07) is 7.36. The highest BCUT2D eigenvalue weighted by Crippen LogP contribution is 2.19. The summed E-state index contributed by atoms with van der Waals surface area (Å²) in [5, 5.41) is 0. The molecule has 0 amide bonds. The summed E-state index contributed by atoms with van der Waals surface area (Å²) in [6.07, 6.45) is -1.15. The molecule has 0 spiro atoms. The van der Waals surface area contributed by atoms with Gasteiger partial charge in [-0.05, 0) is 43.3 Å². The number of rotatable bonds is 6. The van der Waals surface area contributed by atoms with Crippen LogP contribution >= 0.6 is 0 Å². The van der Waals surface area contributed by atoms with Crippen LogP contribution in [0.2, 0.25) is 0 Å². The largest absolute Gasteiger partial charge is 0.466 e. The molecule has 2 aromatic carbocycles. The van der Waals surface area contributed by atoms with E-state index in [0.717, 1.165) is 13.2 Å². The minimum Gasteiger partial charge on any atom is -0.466 e. The quantitative estimate of drug-likeness (QED) is 0.750. The molecular weight excluding hydrogens is 384 g/mol. The number of hydrogen-bond acceptors (Lipinski definition) is 6. The molecule has 0 aromatic heterocycles. The monoisotopic (exact) mass is 399 g/mol. The Morgan fingerprint density at radius 2 is 1.78 bits per heavy atom. The highest BCUT2D eigenvalue weighted by atomic mass is 32.2. The van der Waals surface area contributed by atoms with Gasteiger partial charge in [-0.1, -0.05) is 6.07 Å². The highest BCUT2D eigenvalue weighted by Gasteiger charge is 2.21. The number of anilines is 1. The van der Waals surface area contributed by atoms with Crippen molar-refractivity contribution in [2.75, 3.05) is 11.8 Å². The van der Waals surface area contributed by atoms with Gasteiger partial charge in [0.25, 0.3) is 10.0 Å². The number of benzene rings is 2. The maximum atomic E-state index is 13.3. The standard InChI is InChI=1S/C17H15F2NO6S/c1-10(16(21)25-2)26-17(22)11-4-3-5-12(8-11)20-27(23,24)13-6-7-14(18)15(19)9-13/h3-10,20H,1-2H3/t10-/m0/s1. The molecule has 2 aromatic rings. The fourth-order valence-corrected chi connectivity index (χ4v) is 3.07. The molecule has 0 bridgehead atoms. The minimum atomic E-state index is -4.22. The van der Waals surface area contributed by atoms with Gasteiger partial charge in [0.15, 0.2) is 17.7 Å². The summed E-state index contributed by atoms with van der Waals surface area (Å²) < 4.78 is 62.3. The van der Waals surface area contributed by atoms with Crippen LogP contribution < -0.4 is 4.72 Å². The number of esters is 2. The summed E-state index contributed by atoms with van der Waals surface area (Å²) in [5.74, 6) is -4.12. The van der Waals surface area contributed by atoms with Crippen LogP contribution in [0.1, 0.15) is 17.3 Å². The zero-order chi connectivity index (χ0) is 20.2. The van der Waals surface area contributed by atoms with E-state index in [2.05, 4.69) is 9.46 Å². The van der Waals surface area contributed by atoms with Gasteiger partial charge in [-0.2, -0.15) is 0 Å². The SMILES string of the molecule is COC(=O)[C@H](C)OC(=O)c1cccc(NS(=O)(=O)c2ccc(F)c(F)c2)c1. The van der Waals surface area contributed by atoms with E-state index in [1.165, 1.54) is 31.2 Å². The molecule has 1 N–H and O–H groups in total. The first-order valence-electron chi connectivity index (χ1n) is 7.51. The van der Waals surface area contributed by atoms with E-state index in [-0.39, 0.29) is 11.3 Å². The molecule has 0 aliphatic carbocycles. The Labute approximate surface area is 154 Å². The maximum Gasteiger partial charge on any atom is 0.346 e. The van der Waals surface area contributed by atoms with Crippen LogP contribution in [-0.2, 0) is 24.3 Å². The molecule has 7 nitrogen and oxygen atoms in total.